The molecule has 1 aromatic carbocycles. The van der Waals surface area contributed by atoms with E-state index < -0.39 is 0 Å². The van der Waals surface area contributed by atoms with Crippen LogP contribution in [0.3, 0.4) is 0 Å². The van der Waals surface area contributed by atoms with Crippen LogP contribution < -0.4 is 10.6 Å². The van der Waals surface area contributed by atoms with Crippen molar-refractivity contribution in [3.05, 3.63) is 35.4 Å². The summed E-state index contributed by atoms with van der Waals surface area (Å²) in [5, 5.41) is 15.3. The number of aryl methyl sites for hydroxylation is 1. The zero-order valence-electron chi connectivity index (χ0n) is 12.9. The molecular weight excluding hydrogens is 264 g/mol. The number of fused-ring (bicyclic) bond motifs is 1. The van der Waals surface area contributed by atoms with E-state index in [1.807, 2.05) is 12.1 Å². The Kier molecular flexibility index (Phi) is 5.62. The van der Waals surface area contributed by atoms with Crippen molar-refractivity contribution in [1.82, 2.24) is 10.6 Å². The van der Waals surface area contributed by atoms with Gasteiger partial charge in [-0.15, -0.1) is 0 Å². The summed E-state index contributed by atoms with van der Waals surface area (Å²) < 4.78 is 0. The van der Waals surface area contributed by atoms with Crippen LogP contribution in [-0.2, 0) is 6.42 Å². The Bertz CT molecular complexity index is 474. The second-order valence-electron chi connectivity index (χ2n) is 6.27. The molecule has 0 saturated heterocycles. The summed E-state index contributed by atoms with van der Waals surface area (Å²) in [5.41, 5.74) is 2.55. The summed E-state index contributed by atoms with van der Waals surface area (Å²) in [6.07, 6.45) is 3.93. The summed E-state index contributed by atoms with van der Waals surface area (Å²) in [4.78, 5) is 12.1. The summed E-state index contributed by atoms with van der Waals surface area (Å²) in [5.74, 6) is 0.442. The Balaban J connectivity index is 1.94. The van der Waals surface area contributed by atoms with E-state index in [-0.39, 0.29) is 24.7 Å². The Hall–Kier alpha value is -1.55. The smallest absolute Gasteiger partial charge is 0.315 e. The van der Waals surface area contributed by atoms with Crippen molar-refractivity contribution in [3.63, 3.8) is 0 Å². The highest BCUT2D eigenvalue weighted by Crippen LogP contribution is 2.29. The largest absolute Gasteiger partial charge is 0.394 e. The number of benzene rings is 1. The number of hydrogen-bond donors (Lipinski definition) is 3. The van der Waals surface area contributed by atoms with E-state index in [1.165, 1.54) is 11.1 Å². The van der Waals surface area contributed by atoms with Gasteiger partial charge in [-0.1, -0.05) is 38.1 Å². The van der Waals surface area contributed by atoms with Crippen LogP contribution in [0, 0.1) is 5.92 Å². The number of aliphatic hydroxyl groups is 1. The molecule has 0 aromatic heterocycles. The minimum atomic E-state index is -0.184. The summed E-state index contributed by atoms with van der Waals surface area (Å²) in [7, 11) is 0. The molecule has 4 nitrogen and oxygen atoms in total. The lowest BCUT2D eigenvalue weighted by Gasteiger charge is -2.27. The van der Waals surface area contributed by atoms with E-state index in [9.17, 15) is 9.90 Å². The third kappa shape index (κ3) is 4.46. The van der Waals surface area contributed by atoms with Gasteiger partial charge in [0.25, 0.3) is 0 Å². The summed E-state index contributed by atoms with van der Waals surface area (Å²) >= 11 is 0. The van der Waals surface area contributed by atoms with Crippen molar-refractivity contribution in [1.29, 1.82) is 0 Å². The van der Waals surface area contributed by atoms with Gasteiger partial charge in [-0.25, -0.2) is 4.79 Å². The lowest BCUT2D eigenvalue weighted by molar-refractivity contribution is 0.204. The molecular formula is C17H26N2O2. The van der Waals surface area contributed by atoms with E-state index in [2.05, 4.69) is 36.6 Å². The van der Waals surface area contributed by atoms with Crippen LogP contribution in [-0.4, -0.2) is 23.8 Å². The molecule has 3 N–H and O–H groups in total. The molecule has 0 aliphatic heterocycles. The van der Waals surface area contributed by atoms with Crippen molar-refractivity contribution >= 4 is 6.03 Å². The van der Waals surface area contributed by atoms with Crippen LogP contribution in [0.5, 0.6) is 0 Å². The van der Waals surface area contributed by atoms with Gasteiger partial charge in [-0.3, -0.25) is 0 Å². The van der Waals surface area contributed by atoms with Gasteiger partial charge in [-0.05, 0) is 42.7 Å². The van der Waals surface area contributed by atoms with Crippen LogP contribution in [0.4, 0.5) is 4.79 Å². The quantitative estimate of drug-likeness (QED) is 0.781. The standard InChI is InChI=1S/C17H26N2O2/c1-12(2)10-14(11-20)18-17(21)19-16-9-5-7-13-6-3-4-8-15(13)16/h3-4,6,8,12,14,16,20H,5,7,9-11H2,1-2H3,(H2,18,19,21). The molecule has 1 aromatic rings. The number of carbonyl (C=O) groups is 1. The number of amides is 2. The molecule has 0 bridgehead atoms. The van der Waals surface area contributed by atoms with E-state index in [1.54, 1.807) is 0 Å². The average Bonchev–Trinajstić information content (AvgIpc) is 2.46. The Morgan fingerprint density at radius 3 is 2.86 bits per heavy atom. The van der Waals surface area contributed by atoms with Gasteiger partial charge in [-0.2, -0.15) is 0 Å². The Morgan fingerprint density at radius 2 is 2.14 bits per heavy atom. The second-order valence-corrected chi connectivity index (χ2v) is 6.27. The first-order valence-electron chi connectivity index (χ1n) is 7.85. The fraction of sp³-hybridized carbons (Fsp3) is 0.588. The van der Waals surface area contributed by atoms with Gasteiger partial charge in [0.15, 0.2) is 0 Å². The van der Waals surface area contributed by atoms with Crippen LogP contribution in [0.2, 0.25) is 0 Å². The predicted octanol–water partition coefficient (Wildman–Crippen LogP) is 2.77. The number of nitrogens with one attached hydrogen (secondary N) is 2. The van der Waals surface area contributed by atoms with Crippen LogP contribution in [0.25, 0.3) is 0 Å². The maximum absolute atomic E-state index is 12.1. The Labute approximate surface area is 126 Å². The summed E-state index contributed by atoms with van der Waals surface area (Å²) in [6.45, 7) is 4.14. The van der Waals surface area contributed by atoms with Crippen molar-refractivity contribution in [2.75, 3.05) is 6.61 Å². The zero-order chi connectivity index (χ0) is 15.2. The van der Waals surface area contributed by atoms with Crippen LogP contribution in [0.15, 0.2) is 24.3 Å². The molecule has 2 rings (SSSR count). The average molecular weight is 290 g/mol. The normalized spacial score (nSPS) is 19.0. The SMILES string of the molecule is CC(C)CC(CO)NC(=O)NC1CCCc2ccccc21. The maximum atomic E-state index is 12.1. The molecule has 2 amide bonds. The maximum Gasteiger partial charge on any atom is 0.315 e. The molecule has 4 heteroatoms. The summed E-state index contributed by atoms with van der Waals surface area (Å²) in [6, 6.07) is 8.01. The second kappa shape index (κ2) is 7.46. The van der Waals surface area contributed by atoms with Gasteiger partial charge in [0, 0.05) is 0 Å². The molecule has 116 valence electrons. The minimum absolute atomic E-state index is 0.0210. The van der Waals surface area contributed by atoms with E-state index in [0.29, 0.717) is 5.92 Å². The molecule has 0 radical (unpaired) electrons. The molecule has 2 atom stereocenters. The first-order chi connectivity index (χ1) is 10.1. The highest BCUT2D eigenvalue weighted by molar-refractivity contribution is 5.75. The first-order valence-corrected chi connectivity index (χ1v) is 7.85. The molecule has 21 heavy (non-hydrogen) atoms. The molecule has 1 aliphatic rings. The molecule has 0 heterocycles. The van der Waals surface area contributed by atoms with E-state index >= 15 is 0 Å². The first kappa shape index (κ1) is 15.8. The van der Waals surface area contributed by atoms with E-state index in [0.717, 1.165) is 25.7 Å². The number of urea groups is 1. The van der Waals surface area contributed by atoms with Gasteiger partial charge in [0.05, 0.1) is 18.7 Å². The van der Waals surface area contributed by atoms with Crippen LogP contribution >= 0.6 is 0 Å². The molecule has 1 aliphatic carbocycles. The number of aliphatic hydroxyl groups excluding tert-OH is 1. The number of carbonyl (C=O) groups excluding carboxylic acids is 1. The van der Waals surface area contributed by atoms with Gasteiger partial charge in [0.2, 0.25) is 0 Å². The third-order valence-electron chi connectivity index (χ3n) is 3.99. The third-order valence-corrected chi connectivity index (χ3v) is 3.99. The Morgan fingerprint density at radius 1 is 1.38 bits per heavy atom. The fourth-order valence-electron chi connectivity index (χ4n) is 3.04. The topological polar surface area (TPSA) is 61.4 Å². The van der Waals surface area contributed by atoms with Crippen LogP contribution in [0.1, 0.15) is 50.3 Å². The van der Waals surface area contributed by atoms with Gasteiger partial charge < -0.3 is 15.7 Å². The molecule has 2 unspecified atom stereocenters. The molecule has 0 saturated carbocycles. The van der Waals surface area contributed by atoms with Crippen molar-refractivity contribution in [3.8, 4) is 0 Å². The lowest BCUT2D eigenvalue weighted by atomic mass is 9.88. The van der Waals surface area contributed by atoms with Crippen molar-refractivity contribution in [2.24, 2.45) is 5.92 Å². The molecule has 0 fully saturated rings. The van der Waals surface area contributed by atoms with E-state index in [4.69, 9.17) is 0 Å². The zero-order valence-corrected chi connectivity index (χ0v) is 12.9. The lowest BCUT2D eigenvalue weighted by Crippen LogP contribution is -2.46. The highest BCUT2D eigenvalue weighted by Gasteiger charge is 2.22. The van der Waals surface area contributed by atoms with Crippen molar-refractivity contribution < 1.29 is 9.90 Å². The predicted molar refractivity (Wildman–Crippen MR) is 84.1 cm³/mol. The van der Waals surface area contributed by atoms with Gasteiger partial charge in [0.1, 0.15) is 0 Å². The minimum Gasteiger partial charge on any atom is -0.394 e. The molecule has 0 spiro atoms. The number of hydrogen-bond acceptors (Lipinski definition) is 2. The van der Waals surface area contributed by atoms with Crippen molar-refractivity contribution in [2.45, 2.75) is 51.6 Å². The monoisotopic (exact) mass is 290 g/mol. The highest BCUT2D eigenvalue weighted by atomic mass is 16.3. The van der Waals surface area contributed by atoms with Gasteiger partial charge >= 0.3 is 6.03 Å². The fourth-order valence-corrected chi connectivity index (χ4v) is 3.04. The number of rotatable bonds is 5.